The van der Waals surface area contributed by atoms with Crippen LogP contribution < -0.4 is 0 Å². The highest BCUT2D eigenvalue weighted by atomic mass is 16.3. The average molecular weight is 272 g/mol. The minimum atomic E-state index is -0.231. The highest BCUT2D eigenvalue weighted by molar-refractivity contribution is 5.79. The largest absolute Gasteiger partial charge is 0.505 e. The van der Waals surface area contributed by atoms with Crippen LogP contribution in [-0.2, 0) is 11.3 Å². The van der Waals surface area contributed by atoms with Crippen molar-refractivity contribution in [3.63, 3.8) is 0 Å². The van der Waals surface area contributed by atoms with Crippen molar-refractivity contribution in [2.75, 3.05) is 6.54 Å². The lowest BCUT2D eigenvalue weighted by Gasteiger charge is -2.32. The summed E-state index contributed by atoms with van der Waals surface area (Å²) >= 11 is 0. The molecule has 1 aliphatic heterocycles. The van der Waals surface area contributed by atoms with Gasteiger partial charge in [-0.15, -0.1) is 0 Å². The topological polar surface area (TPSA) is 68.7 Å². The molecule has 0 spiro atoms. The number of allylic oxidation sites excluding steroid dienone is 1. The third-order valence-corrected chi connectivity index (χ3v) is 3.52. The van der Waals surface area contributed by atoms with Gasteiger partial charge in [0.1, 0.15) is 0 Å². The van der Waals surface area contributed by atoms with Crippen LogP contribution in [0.5, 0.6) is 0 Å². The smallest absolute Gasteiger partial charge is 0.387 e. The first-order valence-electron chi connectivity index (χ1n) is 6.75. The number of diazo groups is 1. The SMILES string of the molecule is N#[N+]/C=C(/O)CC1CCCN(Cc2ccccc2)C1=O. The Kier molecular flexibility index (Phi) is 4.72. The molecule has 0 aliphatic carbocycles. The van der Waals surface area contributed by atoms with Crippen molar-refractivity contribution in [2.24, 2.45) is 5.92 Å². The Morgan fingerprint density at radius 1 is 1.45 bits per heavy atom. The van der Waals surface area contributed by atoms with Gasteiger partial charge in [-0.3, -0.25) is 4.79 Å². The van der Waals surface area contributed by atoms with Gasteiger partial charge < -0.3 is 10.0 Å². The van der Waals surface area contributed by atoms with E-state index >= 15 is 0 Å². The molecule has 1 unspecified atom stereocenters. The van der Waals surface area contributed by atoms with Gasteiger partial charge in [0.2, 0.25) is 11.3 Å². The Bertz CT molecular complexity index is 534. The van der Waals surface area contributed by atoms with E-state index in [0.29, 0.717) is 6.54 Å². The molecule has 0 bridgehead atoms. The molecule has 1 atom stereocenters. The summed E-state index contributed by atoms with van der Waals surface area (Å²) < 4.78 is 0. The molecule has 1 amide bonds. The predicted octanol–water partition coefficient (Wildman–Crippen LogP) is 3.07. The fraction of sp³-hybridized carbons (Fsp3) is 0.400. The molecule has 1 N–H and O–H groups in total. The van der Waals surface area contributed by atoms with E-state index in [1.807, 2.05) is 35.2 Å². The maximum Gasteiger partial charge on any atom is 0.387 e. The quantitative estimate of drug-likeness (QED) is 0.676. The molecule has 104 valence electrons. The summed E-state index contributed by atoms with van der Waals surface area (Å²) in [6, 6.07) is 9.86. The average Bonchev–Trinajstić information content (AvgIpc) is 2.45. The number of benzene rings is 1. The van der Waals surface area contributed by atoms with Crippen molar-refractivity contribution in [3.05, 3.63) is 52.8 Å². The fourth-order valence-corrected chi connectivity index (χ4v) is 2.54. The number of amides is 1. The van der Waals surface area contributed by atoms with Crippen LogP contribution in [0.15, 0.2) is 42.3 Å². The second-order valence-corrected chi connectivity index (χ2v) is 5.02. The predicted molar refractivity (Wildman–Crippen MR) is 75.0 cm³/mol. The van der Waals surface area contributed by atoms with Gasteiger partial charge in [0, 0.05) is 25.4 Å². The van der Waals surface area contributed by atoms with E-state index in [1.54, 1.807) is 0 Å². The molecule has 2 rings (SSSR count). The highest BCUT2D eigenvalue weighted by Crippen LogP contribution is 2.25. The minimum absolute atomic E-state index is 0.0537. The minimum Gasteiger partial charge on any atom is -0.505 e. The van der Waals surface area contributed by atoms with Crippen LogP contribution in [0.4, 0.5) is 0 Å². The van der Waals surface area contributed by atoms with Crippen molar-refractivity contribution in [1.82, 2.24) is 4.90 Å². The van der Waals surface area contributed by atoms with Crippen molar-refractivity contribution < 1.29 is 9.90 Å². The number of carbonyl (C=O) groups excluding carboxylic acids is 1. The first-order valence-corrected chi connectivity index (χ1v) is 6.75. The number of rotatable bonds is 4. The lowest BCUT2D eigenvalue weighted by atomic mass is 9.92. The van der Waals surface area contributed by atoms with Crippen LogP contribution in [-0.4, -0.2) is 22.5 Å². The zero-order valence-electron chi connectivity index (χ0n) is 11.3. The Morgan fingerprint density at radius 2 is 2.20 bits per heavy atom. The number of aliphatic hydroxyl groups is 1. The molecule has 0 aromatic heterocycles. The fourth-order valence-electron chi connectivity index (χ4n) is 2.54. The van der Waals surface area contributed by atoms with Crippen molar-refractivity contribution >= 4 is 5.91 Å². The zero-order valence-corrected chi connectivity index (χ0v) is 11.3. The van der Waals surface area contributed by atoms with E-state index in [1.165, 1.54) is 0 Å². The third kappa shape index (κ3) is 3.58. The van der Waals surface area contributed by atoms with E-state index in [0.717, 1.165) is 31.1 Å². The summed E-state index contributed by atoms with van der Waals surface area (Å²) in [6.07, 6.45) is 2.89. The Labute approximate surface area is 118 Å². The van der Waals surface area contributed by atoms with Crippen LogP contribution in [0.25, 0.3) is 4.98 Å². The Balaban J connectivity index is 2.00. The molecule has 5 nitrogen and oxygen atoms in total. The maximum atomic E-state index is 12.4. The van der Waals surface area contributed by atoms with Gasteiger partial charge in [0.15, 0.2) is 10.7 Å². The standard InChI is InChI=1S/C15H17N3O2/c16-17-10-14(19)9-13-7-4-8-18(15(13)20)11-12-5-2-1-3-6-12/h1-3,5-6,10,13H,4,7-9,11H2/p+1/b14-10+. The van der Waals surface area contributed by atoms with E-state index in [4.69, 9.17) is 5.39 Å². The summed E-state index contributed by atoms with van der Waals surface area (Å²) in [7, 11) is 0. The molecule has 1 fully saturated rings. The second kappa shape index (κ2) is 6.71. The van der Waals surface area contributed by atoms with Crippen molar-refractivity contribution in [2.45, 2.75) is 25.8 Å². The molecule has 1 aromatic carbocycles. The lowest BCUT2D eigenvalue weighted by Crippen LogP contribution is -2.40. The number of hydrogen-bond acceptors (Lipinski definition) is 3. The van der Waals surface area contributed by atoms with Crippen molar-refractivity contribution in [3.8, 4) is 0 Å². The molecule has 1 aliphatic rings. The molecule has 20 heavy (non-hydrogen) atoms. The van der Waals surface area contributed by atoms with E-state index in [2.05, 4.69) is 4.98 Å². The number of carbonyl (C=O) groups is 1. The molecular weight excluding hydrogens is 254 g/mol. The van der Waals surface area contributed by atoms with Gasteiger partial charge in [0.25, 0.3) is 0 Å². The van der Waals surface area contributed by atoms with Gasteiger partial charge in [-0.2, -0.15) is 0 Å². The lowest BCUT2D eigenvalue weighted by molar-refractivity contribution is -0.139. The van der Waals surface area contributed by atoms with E-state index < -0.39 is 0 Å². The Hall–Kier alpha value is -2.35. The van der Waals surface area contributed by atoms with Crippen LogP contribution in [0.2, 0.25) is 0 Å². The van der Waals surface area contributed by atoms with E-state index in [9.17, 15) is 9.90 Å². The van der Waals surface area contributed by atoms with Crippen LogP contribution >= 0.6 is 0 Å². The summed E-state index contributed by atoms with van der Waals surface area (Å²) in [5, 5.41) is 17.9. The van der Waals surface area contributed by atoms with Gasteiger partial charge in [0.05, 0.1) is 0 Å². The third-order valence-electron chi connectivity index (χ3n) is 3.52. The summed E-state index contributed by atoms with van der Waals surface area (Å²) in [6.45, 7) is 1.35. The molecule has 5 heteroatoms. The zero-order chi connectivity index (χ0) is 14.4. The number of aliphatic hydroxyl groups excluding tert-OH is 1. The summed E-state index contributed by atoms with van der Waals surface area (Å²) in [4.78, 5) is 17.0. The first kappa shape index (κ1) is 14.1. The number of likely N-dealkylation sites (tertiary alicyclic amines) is 1. The van der Waals surface area contributed by atoms with E-state index in [-0.39, 0.29) is 24.0 Å². The monoisotopic (exact) mass is 272 g/mol. The maximum absolute atomic E-state index is 12.4. The Morgan fingerprint density at radius 3 is 2.90 bits per heavy atom. The second-order valence-electron chi connectivity index (χ2n) is 5.02. The molecule has 0 radical (unpaired) electrons. The van der Waals surface area contributed by atoms with Gasteiger partial charge in [-0.1, -0.05) is 30.3 Å². The molecule has 0 saturated carbocycles. The highest BCUT2D eigenvalue weighted by Gasteiger charge is 2.29. The molecule has 1 aromatic rings. The van der Waals surface area contributed by atoms with Crippen LogP contribution in [0, 0.1) is 11.3 Å². The molecule has 1 saturated heterocycles. The van der Waals surface area contributed by atoms with Crippen LogP contribution in [0.3, 0.4) is 0 Å². The normalized spacial score (nSPS) is 19.8. The number of nitrogens with zero attached hydrogens (tertiary/aromatic N) is 3. The van der Waals surface area contributed by atoms with Gasteiger partial charge in [-0.25, -0.2) is 0 Å². The number of piperidine rings is 1. The van der Waals surface area contributed by atoms with Gasteiger partial charge >= 0.3 is 6.20 Å². The summed E-state index contributed by atoms with van der Waals surface area (Å²) in [5.41, 5.74) is 1.10. The van der Waals surface area contributed by atoms with Crippen molar-refractivity contribution in [1.29, 1.82) is 5.39 Å². The molecule has 1 heterocycles. The summed E-state index contributed by atoms with van der Waals surface area (Å²) in [5.74, 6) is -0.240. The molecular formula is C15H18N3O2+. The van der Waals surface area contributed by atoms with Crippen LogP contribution in [0.1, 0.15) is 24.8 Å². The number of hydrogen-bond donors (Lipinski definition) is 1. The first-order chi connectivity index (χ1) is 9.70. The van der Waals surface area contributed by atoms with Gasteiger partial charge in [-0.05, 0) is 18.4 Å².